The molecule has 0 heterocycles. The molecule has 0 aromatic heterocycles. The van der Waals surface area contributed by atoms with Gasteiger partial charge in [-0.25, -0.2) is 4.39 Å². The Morgan fingerprint density at radius 1 is 1.15 bits per heavy atom. The average molecular weight is 292 g/mol. The fourth-order valence-corrected chi connectivity index (χ4v) is 2.40. The number of nitrogens with one attached hydrogen (secondary N) is 1. The van der Waals surface area contributed by atoms with Crippen LogP contribution in [0.3, 0.4) is 0 Å². The molecule has 0 saturated heterocycles. The van der Waals surface area contributed by atoms with Gasteiger partial charge >= 0.3 is 0 Å². The fraction of sp³-hybridized carbons (Fsp3) is 0.294. The highest BCUT2D eigenvalue weighted by atomic mass is 35.5. The Morgan fingerprint density at radius 3 is 2.65 bits per heavy atom. The minimum absolute atomic E-state index is 0.173. The van der Waals surface area contributed by atoms with Gasteiger partial charge in [-0.3, -0.25) is 0 Å². The SMILES string of the molecule is CCCNCc1cc(Cl)ccc1-c1ccc(F)c(C)c1. The van der Waals surface area contributed by atoms with Gasteiger partial charge in [0, 0.05) is 11.6 Å². The van der Waals surface area contributed by atoms with Gasteiger partial charge in [-0.15, -0.1) is 0 Å². The molecular weight excluding hydrogens is 273 g/mol. The molecule has 3 heteroatoms. The maximum Gasteiger partial charge on any atom is 0.126 e. The second kappa shape index (κ2) is 6.87. The Labute approximate surface area is 124 Å². The van der Waals surface area contributed by atoms with E-state index in [0.29, 0.717) is 5.56 Å². The van der Waals surface area contributed by atoms with Gasteiger partial charge < -0.3 is 5.32 Å². The van der Waals surface area contributed by atoms with Crippen molar-refractivity contribution in [3.8, 4) is 11.1 Å². The zero-order chi connectivity index (χ0) is 14.5. The number of aryl methyl sites for hydroxylation is 1. The molecule has 20 heavy (non-hydrogen) atoms. The summed E-state index contributed by atoms with van der Waals surface area (Å²) in [6.07, 6.45) is 1.09. The summed E-state index contributed by atoms with van der Waals surface area (Å²) < 4.78 is 13.4. The predicted octanol–water partition coefficient (Wildman–Crippen LogP) is 4.95. The van der Waals surface area contributed by atoms with Crippen LogP contribution in [0.15, 0.2) is 36.4 Å². The highest BCUT2D eigenvalue weighted by Gasteiger charge is 2.07. The van der Waals surface area contributed by atoms with Crippen LogP contribution in [0.2, 0.25) is 5.02 Å². The van der Waals surface area contributed by atoms with Crippen LogP contribution < -0.4 is 5.32 Å². The summed E-state index contributed by atoms with van der Waals surface area (Å²) in [6.45, 7) is 5.65. The summed E-state index contributed by atoms with van der Waals surface area (Å²) in [5, 5.41) is 4.11. The summed E-state index contributed by atoms with van der Waals surface area (Å²) in [5.41, 5.74) is 3.91. The van der Waals surface area contributed by atoms with Gasteiger partial charge in [-0.1, -0.05) is 30.7 Å². The van der Waals surface area contributed by atoms with Crippen molar-refractivity contribution in [1.29, 1.82) is 0 Å². The third kappa shape index (κ3) is 3.59. The Balaban J connectivity index is 2.36. The second-order valence-electron chi connectivity index (χ2n) is 4.94. The van der Waals surface area contributed by atoms with Crippen molar-refractivity contribution in [2.75, 3.05) is 6.54 Å². The first kappa shape index (κ1) is 15.0. The summed E-state index contributed by atoms with van der Waals surface area (Å²) in [6, 6.07) is 11.1. The lowest BCUT2D eigenvalue weighted by molar-refractivity contribution is 0.618. The normalized spacial score (nSPS) is 10.8. The topological polar surface area (TPSA) is 12.0 Å². The van der Waals surface area contributed by atoms with E-state index in [2.05, 4.69) is 12.2 Å². The van der Waals surface area contributed by atoms with E-state index in [4.69, 9.17) is 11.6 Å². The molecule has 0 amide bonds. The molecule has 0 bridgehead atoms. The van der Waals surface area contributed by atoms with Gasteiger partial charge in [0.05, 0.1) is 0 Å². The van der Waals surface area contributed by atoms with E-state index >= 15 is 0 Å². The van der Waals surface area contributed by atoms with Crippen LogP contribution in [0.4, 0.5) is 4.39 Å². The van der Waals surface area contributed by atoms with Gasteiger partial charge in [0.2, 0.25) is 0 Å². The standard InChI is InChI=1S/C17H19ClFN/c1-3-8-20-11-14-10-15(18)5-6-16(14)13-4-7-17(19)12(2)9-13/h4-7,9-10,20H,3,8,11H2,1-2H3. The number of halogens is 2. The predicted molar refractivity (Wildman–Crippen MR) is 83.6 cm³/mol. The van der Waals surface area contributed by atoms with Gasteiger partial charge in [0.15, 0.2) is 0 Å². The molecule has 0 radical (unpaired) electrons. The van der Waals surface area contributed by atoms with Crippen LogP contribution in [0.25, 0.3) is 11.1 Å². The summed E-state index contributed by atoms with van der Waals surface area (Å²) in [4.78, 5) is 0. The monoisotopic (exact) mass is 291 g/mol. The molecule has 0 aliphatic rings. The smallest absolute Gasteiger partial charge is 0.126 e. The molecular formula is C17H19ClFN. The van der Waals surface area contributed by atoms with Crippen molar-refractivity contribution in [2.45, 2.75) is 26.8 Å². The van der Waals surface area contributed by atoms with Crippen molar-refractivity contribution in [1.82, 2.24) is 5.32 Å². The quantitative estimate of drug-likeness (QED) is 0.768. The van der Waals surface area contributed by atoms with Crippen molar-refractivity contribution < 1.29 is 4.39 Å². The molecule has 0 spiro atoms. The molecule has 2 aromatic rings. The molecule has 1 nitrogen and oxygen atoms in total. The van der Waals surface area contributed by atoms with Crippen molar-refractivity contribution in [3.05, 3.63) is 58.4 Å². The molecule has 0 saturated carbocycles. The highest BCUT2D eigenvalue weighted by molar-refractivity contribution is 6.30. The third-order valence-corrected chi connectivity index (χ3v) is 3.51. The Kier molecular flexibility index (Phi) is 5.16. The van der Waals surface area contributed by atoms with E-state index in [-0.39, 0.29) is 5.82 Å². The number of hydrogen-bond donors (Lipinski definition) is 1. The average Bonchev–Trinajstić information content (AvgIpc) is 2.43. The van der Waals surface area contributed by atoms with Crippen LogP contribution in [0, 0.1) is 12.7 Å². The Bertz CT molecular complexity index is 596. The third-order valence-electron chi connectivity index (χ3n) is 3.28. The maximum atomic E-state index is 13.4. The molecule has 2 rings (SSSR count). The Morgan fingerprint density at radius 2 is 1.95 bits per heavy atom. The van der Waals surface area contributed by atoms with Crippen LogP contribution >= 0.6 is 11.6 Å². The van der Waals surface area contributed by atoms with E-state index in [1.165, 1.54) is 6.07 Å². The lowest BCUT2D eigenvalue weighted by Gasteiger charge is -2.12. The van der Waals surface area contributed by atoms with Crippen LogP contribution in [0.5, 0.6) is 0 Å². The second-order valence-corrected chi connectivity index (χ2v) is 5.38. The van der Waals surface area contributed by atoms with Crippen molar-refractivity contribution in [2.24, 2.45) is 0 Å². The van der Waals surface area contributed by atoms with E-state index in [1.54, 1.807) is 6.92 Å². The lowest BCUT2D eigenvalue weighted by atomic mass is 9.98. The molecule has 0 fully saturated rings. The first-order valence-electron chi connectivity index (χ1n) is 6.87. The molecule has 0 atom stereocenters. The van der Waals surface area contributed by atoms with Gasteiger partial charge in [0.25, 0.3) is 0 Å². The first-order valence-corrected chi connectivity index (χ1v) is 7.25. The number of rotatable bonds is 5. The minimum atomic E-state index is -0.173. The lowest BCUT2D eigenvalue weighted by Crippen LogP contribution is -2.14. The zero-order valence-electron chi connectivity index (χ0n) is 11.8. The molecule has 0 aliphatic carbocycles. The highest BCUT2D eigenvalue weighted by Crippen LogP contribution is 2.28. The largest absolute Gasteiger partial charge is 0.313 e. The van der Waals surface area contributed by atoms with Crippen LogP contribution in [-0.4, -0.2) is 6.54 Å². The van der Waals surface area contributed by atoms with Crippen LogP contribution in [-0.2, 0) is 6.54 Å². The first-order chi connectivity index (χ1) is 9.61. The molecule has 2 aromatic carbocycles. The number of hydrogen-bond acceptors (Lipinski definition) is 1. The molecule has 106 valence electrons. The summed E-state index contributed by atoms with van der Waals surface area (Å²) in [7, 11) is 0. The fourth-order valence-electron chi connectivity index (χ4n) is 2.20. The summed E-state index contributed by atoms with van der Waals surface area (Å²) >= 11 is 6.09. The van der Waals surface area contributed by atoms with E-state index in [1.807, 2.05) is 30.3 Å². The van der Waals surface area contributed by atoms with Gasteiger partial charge in [0.1, 0.15) is 5.82 Å². The minimum Gasteiger partial charge on any atom is -0.313 e. The number of benzene rings is 2. The van der Waals surface area contributed by atoms with Gasteiger partial charge in [-0.2, -0.15) is 0 Å². The van der Waals surface area contributed by atoms with Crippen LogP contribution in [0.1, 0.15) is 24.5 Å². The maximum absolute atomic E-state index is 13.4. The van der Waals surface area contributed by atoms with E-state index < -0.39 is 0 Å². The van der Waals surface area contributed by atoms with Gasteiger partial charge in [-0.05, 0) is 66.4 Å². The van der Waals surface area contributed by atoms with Crippen molar-refractivity contribution >= 4 is 11.6 Å². The molecule has 1 N–H and O–H groups in total. The Hall–Kier alpha value is -1.38. The molecule has 0 aliphatic heterocycles. The van der Waals surface area contributed by atoms with Crippen molar-refractivity contribution in [3.63, 3.8) is 0 Å². The summed E-state index contributed by atoms with van der Waals surface area (Å²) in [5.74, 6) is -0.173. The van der Waals surface area contributed by atoms with E-state index in [0.717, 1.165) is 41.2 Å². The zero-order valence-corrected chi connectivity index (χ0v) is 12.6. The van der Waals surface area contributed by atoms with E-state index in [9.17, 15) is 4.39 Å². The molecule has 0 unspecified atom stereocenters.